The summed E-state index contributed by atoms with van der Waals surface area (Å²) in [4.78, 5) is 4.19. The smallest absolute Gasteiger partial charge is 0.191 e. The summed E-state index contributed by atoms with van der Waals surface area (Å²) in [6.45, 7) is 4.53. The average molecular weight is 475 g/mol. The van der Waals surface area contributed by atoms with Gasteiger partial charge < -0.3 is 15.1 Å². The second-order valence-corrected chi connectivity index (χ2v) is 7.16. The second-order valence-electron chi connectivity index (χ2n) is 5.59. The lowest BCUT2D eigenvalue weighted by atomic mass is 10.2. The molecule has 2 unspecified atom stereocenters. The molecule has 2 atom stereocenters. The third kappa shape index (κ3) is 7.60. The fraction of sp³-hybridized carbons (Fsp3) is 0.389. The SMILES string of the molecule is CN=C(NCCS(=O)Cc1ccccc1)NC(C)c1ccc(C)o1.I. The van der Waals surface area contributed by atoms with Gasteiger partial charge in [0, 0.05) is 35.9 Å². The first kappa shape index (κ1) is 21.7. The van der Waals surface area contributed by atoms with Gasteiger partial charge in [-0.3, -0.25) is 9.20 Å². The predicted molar refractivity (Wildman–Crippen MR) is 115 cm³/mol. The number of hydrogen-bond donors (Lipinski definition) is 2. The standard InChI is InChI=1S/C18H25N3O2S.HI/c1-14-9-10-17(23-14)15(2)21-18(19-3)20-11-12-24(22)13-16-7-5-4-6-8-16;/h4-10,15H,11-13H2,1-3H3,(H2,19,20,21);1H. The Morgan fingerprint density at radius 2 is 1.96 bits per heavy atom. The van der Waals surface area contributed by atoms with Crippen molar-refractivity contribution in [2.45, 2.75) is 25.6 Å². The van der Waals surface area contributed by atoms with Crippen LogP contribution in [-0.2, 0) is 16.6 Å². The first-order valence-electron chi connectivity index (χ1n) is 8.01. The van der Waals surface area contributed by atoms with Crippen LogP contribution in [0.4, 0.5) is 0 Å². The van der Waals surface area contributed by atoms with Crippen molar-refractivity contribution in [2.24, 2.45) is 4.99 Å². The fourth-order valence-electron chi connectivity index (χ4n) is 2.27. The Labute approximate surface area is 169 Å². The molecule has 1 aromatic heterocycles. The molecule has 0 bridgehead atoms. The highest BCUT2D eigenvalue weighted by atomic mass is 127. The molecule has 0 aliphatic carbocycles. The van der Waals surface area contributed by atoms with Crippen LogP contribution in [-0.4, -0.2) is 29.5 Å². The first-order valence-corrected chi connectivity index (χ1v) is 9.49. The van der Waals surface area contributed by atoms with Crippen LogP contribution < -0.4 is 10.6 Å². The summed E-state index contributed by atoms with van der Waals surface area (Å²) in [6.07, 6.45) is 0. The van der Waals surface area contributed by atoms with E-state index in [0.29, 0.717) is 24.0 Å². The molecule has 0 aliphatic rings. The molecular weight excluding hydrogens is 449 g/mol. The number of aliphatic imine (C=N–C) groups is 1. The van der Waals surface area contributed by atoms with Crippen LogP contribution in [0.3, 0.4) is 0 Å². The summed E-state index contributed by atoms with van der Waals surface area (Å²) < 4.78 is 17.7. The Morgan fingerprint density at radius 3 is 2.56 bits per heavy atom. The van der Waals surface area contributed by atoms with E-state index in [4.69, 9.17) is 4.42 Å². The molecule has 5 nitrogen and oxygen atoms in total. The number of rotatable bonds is 7. The van der Waals surface area contributed by atoms with Crippen LogP contribution in [0.1, 0.15) is 30.0 Å². The molecular formula is C18H26IN3O2S. The summed E-state index contributed by atoms with van der Waals surface area (Å²) >= 11 is 0. The quantitative estimate of drug-likeness (QED) is 0.366. The molecule has 25 heavy (non-hydrogen) atoms. The zero-order valence-corrected chi connectivity index (χ0v) is 18.0. The monoisotopic (exact) mass is 475 g/mol. The van der Waals surface area contributed by atoms with Crippen LogP contribution >= 0.6 is 24.0 Å². The normalized spacial score (nSPS) is 13.6. The molecule has 0 spiro atoms. The van der Waals surface area contributed by atoms with Gasteiger partial charge in [-0.15, -0.1) is 24.0 Å². The maximum atomic E-state index is 12.1. The lowest BCUT2D eigenvalue weighted by Crippen LogP contribution is -2.40. The zero-order chi connectivity index (χ0) is 17.4. The number of nitrogens with zero attached hydrogens (tertiary/aromatic N) is 1. The van der Waals surface area contributed by atoms with Crippen molar-refractivity contribution < 1.29 is 8.63 Å². The van der Waals surface area contributed by atoms with Crippen molar-refractivity contribution in [1.82, 2.24) is 10.6 Å². The van der Waals surface area contributed by atoms with Crippen molar-refractivity contribution in [3.05, 3.63) is 59.5 Å². The van der Waals surface area contributed by atoms with E-state index in [1.807, 2.05) is 56.3 Å². The van der Waals surface area contributed by atoms with Crippen LogP contribution in [0.15, 0.2) is 51.9 Å². The maximum absolute atomic E-state index is 12.1. The number of furan rings is 1. The van der Waals surface area contributed by atoms with Crippen molar-refractivity contribution in [2.75, 3.05) is 19.3 Å². The maximum Gasteiger partial charge on any atom is 0.191 e. The molecule has 1 aromatic carbocycles. The Bertz CT molecular complexity index is 689. The van der Waals surface area contributed by atoms with Gasteiger partial charge in [0.25, 0.3) is 0 Å². The molecule has 2 N–H and O–H groups in total. The highest BCUT2D eigenvalue weighted by molar-refractivity contribution is 14.0. The van der Waals surface area contributed by atoms with Crippen LogP contribution in [0.5, 0.6) is 0 Å². The van der Waals surface area contributed by atoms with Crippen LogP contribution in [0.2, 0.25) is 0 Å². The Morgan fingerprint density at radius 1 is 1.24 bits per heavy atom. The molecule has 0 saturated heterocycles. The topological polar surface area (TPSA) is 66.6 Å². The lowest BCUT2D eigenvalue weighted by Gasteiger charge is -2.16. The first-order chi connectivity index (χ1) is 11.6. The highest BCUT2D eigenvalue weighted by Gasteiger charge is 2.11. The average Bonchev–Trinajstić information content (AvgIpc) is 3.01. The molecule has 0 fully saturated rings. The molecule has 0 saturated carbocycles. The lowest BCUT2D eigenvalue weighted by molar-refractivity contribution is 0.441. The second kappa shape index (κ2) is 11.3. The zero-order valence-electron chi connectivity index (χ0n) is 14.8. The van der Waals surface area contributed by atoms with E-state index in [0.717, 1.165) is 17.1 Å². The third-order valence-electron chi connectivity index (χ3n) is 3.56. The summed E-state index contributed by atoms with van der Waals surface area (Å²) in [5, 5.41) is 6.46. The number of halogens is 1. The minimum atomic E-state index is -0.899. The fourth-order valence-corrected chi connectivity index (χ4v) is 3.31. The Kier molecular flexibility index (Phi) is 9.81. The minimum Gasteiger partial charge on any atom is -0.464 e. The molecule has 1 heterocycles. The number of nitrogens with one attached hydrogen (secondary N) is 2. The summed E-state index contributed by atoms with van der Waals surface area (Å²) in [5.41, 5.74) is 1.10. The molecule has 138 valence electrons. The van der Waals surface area contributed by atoms with Gasteiger partial charge in [0.2, 0.25) is 0 Å². The molecule has 2 aromatic rings. The van der Waals surface area contributed by atoms with Crippen molar-refractivity contribution in [3.8, 4) is 0 Å². The highest BCUT2D eigenvalue weighted by Crippen LogP contribution is 2.15. The van der Waals surface area contributed by atoms with Gasteiger partial charge in [-0.1, -0.05) is 30.3 Å². The predicted octanol–water partition coefficient (Wildman–Crippen LogP) is 3.38. The van der Waals surface area contributed by atoms with Gasteiger partial charge in [0.1, 0.15) is 11.5 Å². The minimum absolute atomic E-state index is 0. The van der Waals surface area contributed by atoms with Crippen molar-refractivity contribution >= 4 is 40.7 Å². The summed E-state index contributed by atoms with van der Waals surface area (Å²) in [6, 6.07) is 13.8. The third-order valence-corrected chi connectivity index (χ3v) is 4.87. The van der Waals surface area contributed by atoms with Gasteiger partial charge in [-0.05, 0) is 31.5 Å². The van der Waals surface area contributed by atoms with Crippen LogP contribution in [0, 0.1) is 6.92 Å². The van der Waals surface area contributed by atoms with Crippen molar-refractivity contribution in [1.29, 1.82) is 0 Å². The van der Waals surface area contributed by atoms with Gasteiger partial charge in [-0.25, -0.2) is 0 Å². The number of hydrogen-bond acceptors (Lipinski definition) is 3. The molecule has 0 radical (unpaired) electrons. The van der Waals surface area contributed by atoms with Gasteiger partial charge in [0.05, 0.1) is 6.04 Å². The molecule has 0 aliphatic heterocycles. The summed E-state index contributed by atoms with van der Waals surface area (Å²) in [5.74, 6) is 3.58. The molecule has 7 heteroatoms. The van der Waals surface area contributed by atoms with Crippen LogP contribution in [0.25, 0.3) is 0 Å². The largest absolute Gasteiger partial charge is 0.464 e. The van der Waals surface area contributed by atoms with E-state index in [1.165, 1.54) is 0 Å². The van der Waals surface area contributed by atoms with Gasteiger partial charge in [-0.2, -0.15) is 0 Å². The Hall–Kier alpha value is -1.35. The van der Waals surface area contributed by atoms with Crippen molar-refractivity contribution in [3.63, 3.8) is 0 Å². The van der Waals surface area contributed by atoms with E-state index in [1.54, 1.807) is 7.05 Å². The molecule has 2 rings (SSSR count). The van der Waals surface area contributed by atoms with Gasteiger partial charge >= 0.3 is 0 Å². The summed E-state index contributed by atoms with van der Waals surface area (Å²) in [7, 11) is 0.820. The van der Waals surface area contributed by atoms with E-state index in [-0.39, 0.29) is 30.0 Å². The number of benzene rings is 1. The van der Waals surface area contributed by atoms with E-state index in [9.17, 15) is 4.21 Å². The Balaban J connectivity index is 0.00000312. The number of guanidine groups is 1. The van der Waals surface area contributed by atoms with E-state index in [2.05, 4.69) is 15.6 Å². The van der Waals surface area contributed by atoms with E-state index >= 15 is 0 Å². The number of aryl methyl sites for hydroxylation is 1. The molecule has 0 amide bonds. The van der Waals surface area contributed by atoms with Gasteiger partial charge in [0.15, 0.2) is 5.96 Å². The van der Waals surface area contributed by atoms with E-state index < -0.39 is 10.8 Å².